The fourth-order valence-electron chi connectivity index (χ4n) is 1.53. The molecule has 0 bridgehead atoms. The van der Waals surface area contributed by atoms with Crippen molar-refractivity contribution in [2.24, 2.45) is 0 Å². The maximum absolute atomic E-state index is 11.0. The van der Waals surface area contributed by atoms with E-state index in [0.29, 0.717) is 10.6 Å². The first-order chi connectivity index (χ1) is 9.52. The number of hydrogen-bond acceptors (Lipinski definition) is 6. The fourth-order valence-corrected chi connectivity index (χ4v) is 2.47. The molecule has 0 aliphatic carbocycles. The van der Waals surface area contributed by atoms with Gasteiger partial charge in [0.2, 0.25) is 0 Å². The van der Waals surface area contributed by atoms with Crippen LogP contribution in [0, 0.1) is 35.3 Å². The number of hydrogen-bond donors (Lipinski definition) is 0. The molecule has 2 aromatic rings. The molecular weight excluding hydrogens is 276 g/mol. The lowest BCUT2D eigenvalue weighted by Crippen LogP contribution is -1.96. The van der Waals surface area contributed by atoms with Crippen molar-refractivity contribution in [1.82, 2.24) is 9.97 Å². The summed E-state index contributed by atoms with van der Waals surface area (Å²) in [7, 11) is 0. The SMILES string of the molecule is Cc1cc(C#N)c(Sc2ncccc2[N+](=O)[O-])nc1C. The van der Waals surface area contributed by atoms with Gasteiger partial charge in [-0.1, -0.05) is 0 Å². The molecule has 0 fully saturated rings. The monoisotopic (exact) mass is 286 g/mol. The molecule has 0 unspecified atom stereocenters. The molecule has 7 heteroatoms. The lowest BCUT2D eigenvalue weighted by molar-refractivity contribution is -0.388. The van der Waals surface area contributed by atoms with Crippen LogP contribution in [0.2, 0.25) is 0 Å². The van der Waals surface area contributed by atoms with Gasteiger partial charge >= 0.3 is 5.69 Å². The van der Waals surface area contributed by atoms with Gasteiger partial charge in [0, 0.05) is 18.0 Å². The van der Waals surface area contributed by atoms with Gasteiger partial charge in [-0.05, 0) is 43.3 Å². The van der Waals surface area contributed by atoms with E-state index >= 15 is 0 Å². The van der Waals surface area contributed by atoms with Gasteiger partial charge in [0.1, 0.15) is 11.1 Å². The van der Waals surface area contributed by atoms with Crippen molar-refractivity contribution in [3.8, 4) is 6.07 Å². The summed E-state index contributed by atoms with van der Waals surface area (Å²) in [4.78, 5) is 18.8. The Bertz CT molecular complexity index is 725. The molecule has 0 aromatic carbocycles. The van der Waals surface area contributed by atoms with Crippen molar-refractivity contribution in [2.45, 2.75) is 23.9 Å². The minimum atomic E-state index is -0.498. The van der Waals surface area contributed by atoms with Gasteiger partial charge in [0.05, 0.1) is 10.5 Å². The second-order valence-electron chi connectivity index (χ2n) is 4.04. The summed E-state index contributed by atoms with van der Waals surface area (Å²) in [5, 5.41) is 20.7. The Labute approximate surface area is 119 Å². The summed E-state index contributed by atoms with van der Waals surface area (Å²) in [6, 6.07) is 6.65. The van der Waals surface area contributed by atoms with Crippen LogP contribution in [0.4, 0.5) is 5.69 Å². The molecule has 0 radical (unpaired) electrons. The highest BCUT2D eigenvalue weighted by molar-refractivity contribution is 7.99. The zero-order valence-electron chi connectivity index (χ0n) is 10.8. The summed E-state index contributed by atoms with van der Waals surface area (Å²) in [6.07, 6.45) is 1.47. The largest absolute Gasteiger partial charge is 0.301 e. The lowest BCUT2D eigenvalue weighted by Gasteiger charge is -2.06. The molecule has 2 rings (SSSR count). The minimum Gasteiger partial charge on any atom is -0.258 e. The number of aromatic nitrogens is 2. The van der Waals surface area contributed by atoms with Crippen LogP contribution in [0.3, 0.4) is 0 Å². The van der Waals surface area contributed by atoms with Crippen molar-refractivity contribution in [3.05, 3.63) is 51.3 Å². The van der Waals surface area contributed by atoms with Crippen molar-refractivity contribution in [2.75, 3.05) is 0 Å². The molecule has 0 saturated carbocycles. The highest BCUT2D eigenvalue weighted by atomic mass is 32.2. The molecule has 2 aromatic heterocycles. The Kier molecular flexibility index (Phi) is 3.96. The normalized spacial score (nSPS) is 10.1. The molecule has 0 spiro atoms. The third kappa shape index (κ3) is 2.75. The quantitative estimate of drug-likeness (QED) is 0.636. The van der Waals surface area contributed by atoms with Gasteiger partial charge in [-0.2, -0.15) is 5.26 Å². The van der Waals surface area contributed by atoms with Gasteiger partial charge < -0.3 is 0 Å². The maximum Gasteiger partial charge on any atom is 0.301 e. The molecule has 0 amide bonds. The second-order valence-corrected chi connectivity index (χ2v) is 5.02. The Hall–Kier alpha value is -2.46. The van der Waals surface area contributed by atoms with Crippen LogP contribution in [0.1, 0.15) is 16.8 Å². The third-order valence-electron chi connectivity index (χ3n) is 2.69. The smallest absolute Gasteiger partial charge is 0.258 e. The number of aryl methyl sites for hydroxylation is 2. The average molecular weight is 286 g/mol. The van der Waals surface area contributed by atoms with Crippen molar-refractivity contribution >= 4 is 17.4 Å². The Morgan fingerprint density at radius 2 is 2.15 bits per heavy atom. The Morgan fingerprint density at radius 3 is 2.80 bits per heavy atom. The molecule has 2 heterocycles. The van der Waals surface area contributed by atoms with E-state index in [1.54, 1.807) is 6.07 Å². The average Bonchev–Trinajstić information content (AvgIpc) is 2.43. The molecule has 0 N–H and O–H groups in total. The predicted octanol–water partition coefficient (Wildman–Crippen LogP) is 3.02. The highest BCUT2D eigenvalue weighted by Gasteiger charge is 2.18. The summed E-state index contributed by atoms with van der Waals surface area (Å²) in [5.41, 5.74) is 1.98. The molecule has 0 saturated heterocycles. The van der Waals surface area contributed by atoms with Crippen LogP contribution in [0.5, 0.6) is 0 Å². The summed E-state index contributed by atoms with van der Waals surface area (Å²) >= 11 is 1.03. The second kappa shape index (κ2) is 5.67. The number of pyridine rings is 2. The van der Waals surface area contributed by atoms with Gasteiger partial charge in [0.25, 0.3) is 0 Å². The van der Waals surface area contributed by atoms with E-state index in [-0.39, 0.29) is 10.7 Å². The van der Waals surface area contributed by atoms with Crippen LogP contribution in [-0.4, -0.2) is 14.9 Å². The van der Waals surface area contributed by atoms with Gasteiger partial charge in [0.15, 0.2) is 5.03 Å². The number of nitriles is 1. The van der Waals surface area contributed by atoms with E-state index < -0.39 is 4.92 Å². The Balaban J connectivity index is 2.48. The van der Waals surface area contributed by atoms with E-state index in [4.69, 9.17) is 5.26 Å². The molecule has 0 atom stereocenters. The van der Waals surface area contributed by atoms with E-state index in [1.807, 2.05) is 13.8 Å². The van der Waals surface area contributed by atoms with Gasteiger partial charge in [-0.25, -0.2) is 9.97 Å². The van der Waals surface area contributed by atoms with Crippen LogP contribution >= 0.6 is 11.8 Å². The molecule has 0 aliphatic heterocycles. The van der Waals surface area contributed by atoms with Crippen LogP contribution < -0.4 is 0 Å². The lowest BCUT2D eigenvalue weighted by atomic mass is 10.2. The summed E-state index contributed by atoms with van der Waals surface area (Å²) in [6.45, 7) is 3.69. The summed E-state index contributed by atoms with van der Waals surface area (Å²) in [5.74, 6) is 0. The zero-order chi connectivity index (χ0) is 14.7. The maximum atomic E-state index is 11.0. The van der Waals surface area contributed by atoms with Gasteiger partial charge in [-0.15, -0.1) is 0 Å². The zero-order valence-corrected chi connectivity index (χ0v) is 11.6. The van der Waals surface area contributed by atoms with Crippen LogP contribution in [0.25, 0.3) is 0 Å². The van der Waals surface area contributed by atoms with Crippen LogP contribution in [-0.2, 0) is 0 Å². The minimum absolute atomic E-state index is 0.0959. The van der Waals surface area contributed by atoms with E-state index in [0.717, 1.165) is 23.0 Å². The Morgan fingerprint density at radius 1 is 1.40 bits per heavy atom. The third-order valence-corrected chi connectivity index (χ3v) is 3.71. The molecule has 0 aliphatic rings. The molecule has 6 nitrogen and oxygen atoms in total. The van der Waals surface area contributed by atoms with Crippen molar-refractivity contribution in [1.29, 1.82) is 5.26 Å². The first kappa shape index (κ1) is 14.0. The number of nitrogens with zero attached hydrogens (tertiary/aromatic N) is 4. The van der Waals surface area contributed by atoms with E-state index in [9.17, 15) is 10.1 Å². The number of rotatable bonds is 3. The topological polar surface area (TPSA) is 92.7 Å². The van der Waals surface area contributed by atoms with Crippen LogP contribution in [0.15, 0.2) is 34.4 Å². The molecule has 20 heavy (non-hydrogen) atoms. The van der Waals surface area contributed by atoms with Gasteiger partial charge in [-0.3, -0.25) is 10.1 Å². The first-order valence-corrected chi connectivity index (χ1v) is 6.50. The number of nitro groups is 1. The highest BCUT2D eigenvalue weighted by Crippen LogP contribution is 2.33. The summed E-state index contributed by atoms with van der Waals surface area (Å²) < 4.78 is 0. The fraction of sp³-hybridized carbons (Fsp3) is 0.154. The molecular formula is C13H10N4O2S. The predicted molar refractivity (Wildman–Crippen MR) is 73.4 cm³/mol. The standard InChI is InChI=1S/C13H10N4O2S/c1-8-6-10(7-14)12(16-9(8)2)20-13-11(17(18)19)4-3-5-15-13/h3-6H,1-2H3. The molecule has 100 valence electrons. The van der Waals surface area contributed by atoms with Crippen molar-refractivity contribution < 1.29 is 4.92 Å². The van der Waals surface area contributed by atoms with E-state index in [1.165, 1.54) is 18.3 Å². The van der Waals surface area contributed by atoms with E-state index in [2.05, 4.69) is 16.0 Å². The van der Waals surface area contributed by atoms with Crippen molar-refractivity contribution in [3.63, 3.8) is 0 Å². The first-order valence-electron chi connectivity index (χ1n) is 5.68.